The highest BCUT2D eigenvalue weighted by molar-refractivity contribution is 6.05. The number of benzene rings is 2. The van der Waals surface area contributed by atoms with Gasteiger partial charge in [0.25, 0.3) is 11.8 Å². The van der Waals surface area contributed by atoms with E-state index in [2.05, 4.69) is 24.5 Å². The number of carbonyl (C=O) groups excluding carboxylic acids is 2. The molecular weight excluding hydrogens is 332 g/mol. The van der Waals surface area contributed by atoms with E-state index >= 15 is 0 Å². The lowest BCUT2D eigenvalue weighted by atomic mass is 10.1. The second kappa shape index (κ2) is 7.91. The molecule has 0 aliphatic carbocycles. The van der Waals surface area contributed by atoms with Crippen molar-refractivity contribution in [2.75, 3.05) is 23.8 Å². The molecule has 0 saturated heterocycles. The van der Waals surface area contributed by atoms with Crippen molar-refractivity contribution in [3.8, 4) is 11.5 Å². The molecule has 1 aliphatic heterocycles. The average molecular weight is 354 g/mol. The number of hydrogen-bond acceptors (Lipinski definition) is 4. The molecule has 1 aliphatic rings. The molecule has 0 saturated carbocycles. The van der Waals surface area contributed by atoms with Gasteiger partial charge < -0.3 is 20.1 Å². The first kappa shape index (κ1) is 17.8. The van der Waals surface area contributed by atoms with Crippen LogP contribution in [0.1, 0.15) is 30.6 Å². The standard InChI is InChI=1S/C20H22N2O4/c1-13(2)9-10-25-16-6-3-14(4-7-16)20(24)21-15-5-8-18-17(11-15)22-19(23)12-26-18/h3-8,11,13H,9-10,12H2,1-2H3,(H,21,24)(H,22,23). The predicted molar refractivity (Wildman–Crippen MR) is 99.9 cm³/mol. The Kier molecular flexibility index (Phi) is 5.41. The first-order valence-corrected chi connectivity index (χ1v) is 8.62. The Balaban J connectivity index is 1.61. The van der Waals surface area contributed by atoms with Crippen LogP contribution in [0.2, 0.25) is 0 Å². The lowest BCUT2D eigenvalue weighted by Crippen LogP contribution is -2.25. The Morgan fingerprint density at radius 1 is 1.23 bits per heavy atom. The summed E-state index contributed by atoms with van der Waals surface area (Å²) in [5.74, 6) is 1.48. The second-order valence-electron chi connectivity index (χ2n) is 6.56. The minimum absolute atomic E-state index is 0.00426. The molecule has 0 fully saturated rings. The summed E-state index contributed by atoms with van der Waals surface area (Å²) in [6.45, 7) is 4.96. The van der Waals surface area contributed by atoms with Crippen LogP contribution < -0.4 is 20.1 Å². The van der Waals surface area contributed by atoms with Gasteiger partial charge in [0, 0.05) is 11.3 Å². The molecule has 0 bridgehead atoms. The summed E-state index contributed by atoms with van der Waals surface area (Å²) in [5, 5.41) is 5.53. The van der Waals surface area contributed by atoms with Crippen LogP contribution in [0.15, 0.2) is 42.5 Å². The van der Waals surface area contributed by atoms with E-state index in [1.807, 2.05) is 0 Å². The van der Waals surface area contributed by atoms with Crippen molar-refractivity contribution in [1.82, 2.24) is 0 Å². The normalized spacial score (nSPS) is 12.8. The van der Waals surface area contributed by atoms with Crippen LogP contribution >= 0.6 is 0 Å². The topological polar surface area (TPSA) is 76.7 Å². The fraction of sp³-hybridized carbons (Fsp3) is 0.300. The van der Waals surface area contributed by atoms with Crippen LogP contribution in [-0.2, 0) is 4.79 Å². The number of hydrogen-bond donors (Lipinski definition) is 2. The van der Waals surface area contributed by atoms with Crippen LogP contribution in [0.4, 0.5) is 11.4 Å². The molecule has 0 unspecified atom stereocenters. The van der Waals surface area contributed by atoms with Crippen molar-refractivity contribution in [3.05, 3.63) is 48.0 Å². The van der Waals surface area contributed by atoms with Crippen molar-refractivity contribution in [2.24, 2.45) is 5.92 Å². The first-order valence-electron chi connectivity index (χ1n) is 8.62. The summed E-state index contributed by atoms with van der Waals surface area (Å²) >= 11 is 0. The molecule has 0 spiro atoms. The molecule has 0 atom stereocenters. The van der Waals surface area contributed by atoms with E-state index in [9.17, 15) is 9.59 Å². The maximum atomic E-state index is 12.4. The van der Waals surface area contributed by atoms with E-state index < -0.39 is 0 Å². The fourth-order valence-corrected chi connectivity index (χ4v) is 2.48. The summed E-state index contributed by atoms with van der Waals surface area (Å²) in [4.78, 5) is 23.8. The minimum atomic E-state index is -0.235. The number of carbonyl (C=O) groups is 2. The molecule has 2 aromatic carbocycles. The summed E-state index contributed by atoms with van der Waals surface area (Å²) in [6.07, 6.45) is 0.987. The van der Waals surface area contributed by atoms with E-state index in [1.54, 1.807) is 42.5 Å². The molecule has 6 heteroatoms. The zero-order chi connectivity index (χ0) is 18.5. The zero-order valence-electron chi connectivity index (χ0n) is 14.9. The molecule has 0 radical (unpaired) electrons. The highest BCUT2D eigenvalue weighted by Crippen LogP contribution is 2.30. The first-order chi connectivity index (χ1) is 12.5. The number of fused-ring (bicyclic) bond motifs is 1. The van der Waals surface area contributed by atoms with Gasteiger partial charge in [0.1, 0.15) is 11.5 Å². The SMILES string of the molecule is CC(C)CCOc1ccc(C(=O)Nc2ccc3c(c2)NC(=O)CO3)cc1. The second-order valence-corrected chi connectivity index (χ2v) is 6.56. The number of nitrogens with one attached hydrogen (secondary N) is 2. The van der Waals surface area contributed by atoms with Crippen molar-refractivity contribution < 1.29 is 19.1 Å². The Morgan fingerprint density at radius 2 is 2.00 bits per heavy atom. The van der Waals surface area contributed by atoms with Gasteiger partial charge in [-0.25, -0.2) is 0 Å². The lowest BCUT2D eigenvalue weighted by molar-refractivity contribution is -0.118. The molecule has 1 heterocycles. The Morgan fingerprint density at radius 3 is 2.73 bits per heavy atom. The summed E-state index contributed by atoms with van der Waals surface area (Å²) < 4.78 is 11.0. The van der Waals surface area contributed by atoms with Gasteiger partial charge in [0.05, 0.1) is 12.3 Å². The molecule has 136 valence electrons. The molecule has 0 aromatic heterocycles. The summed E-state index contributed by atoms with van der Waals surface area (Å²) in [7, 11) is 0. The maximum absolute atomic E-state index is 12.4. The third-order valence-corrected chi connectivity index (χ3v) is 3.95. The molecule has 26 heavy (non-hydrogen) atoms. The van der Waals surface area contributed by atoms with Crippen molar-refractivity contribution >= 4 is 23.2 Å². The van der Waals surface area contributed by atoms with Crippen molar-refractivity contribution in [1.29, 1.82) is 0 Å². The van der Waals surface area contributed by atoms with E-state index in [0.717, 1.165) is 12.2 Å². The lowest BCUT2D eigenvalue weighted by Gasteiger charge is -2.18. The van der Waals surface area contributed by atoms with Gasteiger partial charge in [0.15, 0.2) is 6.61 Å². The number of ether oxygens (including phenoxy) is 2. The Bertz CT molecular complexity index is 800. The maximum Gasteiger partial charge on any atom is 0.262 e. The van der Waals surface area contributed by atoms with Crippen molar-refractivity contribution in [2.45, 2.75) is 20.3 Å². The van der Waals surface area contributed by atoms with E-state index in [4.69, 9.17) is 9.47 Å². The Labute approximate surface area is 152 Å². The smallest absolute Gasteiger partial charge is 0.262 e. The highest BCUT2D eigenvalue weighted by atomic mass is 16.5. The van der Waals surface area contributed by atoms with Gasteiger partial charge in [-0.15, -0.1) is 0 Å². The van der Waals surface area contributed by atoms with Crippen LogP contribution in [0, 0.1) is 5.92 Å². The molecular formula is C20H22N2O4. The van der Waals surface area contributed by atoms with E-state index in [0.29, 0.717) is 35.2 Å². The van der Waals surface area contributed by atoms with Crippen LogP contribution in [0.5, 0.6) is 11.5 Å². The average Bonchev–Trinajstić information content (AvgIpc) is 2.61. The predicted octanol–water partition coefficient (Wildman–Crippen LogP) is 3.69. The van der Waals surface area contributed by atoms with Crippen molar-refractivity contribution in [3.63, 3.8) is 0 Å². The van der Waals surface area contributed by atoms with E-state index in [1.165, 1.54) is 0 Å². The fourth-order valence-electron chi connectivity index (χ4n) is 2.48. The van der Waals surface area contributed by atoms with Crippen LogP contribution in [-0.4, -0.2) is 25.0 Å². The number of amides is 2. The van der Waals surface area contributed by atoms with Gasteiger partial charge in [-0.3, -0.25) is 9.59 Å². The van der Waals surface area contributed by atoms with Gasteiger partial charge in [-0.05, 0) is 54.8 Å². The molecule has 2 N–H and O–H groups in total. The largest absolute Gasteiger partial charge is 0.494 e. The summed E-state index contributed by atoms with van der Waals surface area (Å²) in [6, 6.07) is 12.2. The molecule has 6 nitrogen and oxygen atoms in total. The van der Waals surface area contributed by atoms with Crippen LogP contribution in [0.25, 0.3) is 0 Å². The van der Waals surface area contributed by atoms with E-state index in [-0.39, 0.29) is 18.4 Å². The third kappa shape index (κ3) is 4.53. The third-order valence-electron chi connectivity index (χ3n) is 3.95. The Hall–Kier alpha value is -3.02. The molecule has 2 amide bonds. The minimum Gasteiger partial charge on any atom is -0.494 e. The van der Waals surface area contributed by atoms with Gasteiger partial charge in [-0.2, -0.15) is 0 Å². The quantitative estimate of drug-likeness (QED) is 0.829. The molecule has 2 aromatic rings. The van der Waals surface area contributed by atoms with Gasteiger partial charge >= 0.3 is 0 Å². The highest BCUT2D eigenvalue weighted by Gasteiger charge is 2.16. The zero-order valence-corrected chi connectivity index (χ0v) is 14.9. The monoisotopic (exact) mass is 354 g/mol. The van der Waals surface area contributed by atoms with Gasteiger partial charge in [0.2, 0.25) is 0 Å². The van der Waals surface area contributed by atoms with Gasteiger partial charge in [-0.1, -0.05) is 13.8 Å². The summed E-state index contributed by atoms with van der Waals surface area (Å²) in [5.41, 5.74) is 1.66. The number of anilines is 2. The number of rotatable bonds is 6. The molecule has 3 rings (SSSR count). The van der Waals surface area contributed by atoms with Crippen LogP contribution in [0.3, 0.4) is 0 Å².